The molecular formula is C22H25FN6O. The normalized spacial score (nSPS) is 16.5. The lowest BCUT2D eigenvalue weighted by Gasteiger charge is -2.33. The Bertz CT molecular complexity index is 1080. The minimum absolute atomic E-state index is 0.101. The highest BCUT2D eigenvalue weighted by Crippen LogP contribution is 2.24. The van der Waals surface area contributed by atoms with Crippen molar-refractivity contribution in [2.75, 3.05) is 23.3 Å². The summed E-state index contributed by atoms with van der Waals surface area (Å²) in [4.78, 5) is 23.6. The van der Waals surface area contributed by atoms with Crippen molar-refractivity contribution in [2.24, 2.45) is 5.92 Å². The third kappa shape index (κ3) is 4.17. The van der Waals surface area contributed by atoms with Crippen LogP contribution in [0.1, 0.15) is 29.8 Å². The standard InChI is InChI=1S/C22H25FN6O/c1-14-6-7-18(10-19(14)23)26-22(30)17-5-4-8-28(12-17)20-11-21(25-13-24-20)29-16(3)9-15(2)27-29/h6-7,9-11,13,17H,4-5,8,12H2,1-3H3,(H,26,30). The second-order valence-corrected chi connectivity index (χ2v) is 7.81. The van der Waals surface area contributed by atoms with Gasteiger partial charge in [-0.15, -0.1) is 0 Å². The first-order valence-corrected chi connectivity index (χ1v) is 10.1. The zero-order valence-electron chi connectivity index (χ0n) is 17.4. The molecule has 1 unspecified atom stereocenters. The third-order valence-electron chi connectivity index (χ3n) is 5.42. The fourth-order valence-corrected chi connectivity index (χ4v) is 3.80. The smallest absolute Gasteiger partial charge is 0.229 e. The molecule has 0 radical (unpaired) electrons. The summed E-state index contributed by atoms with van der Waals surface area (Å²) in [5.74, 6) is 0.848. The molecule has 1 aliphatic heterocycles. The minimum atomic E-state index is -0.323. The minimum Gasteiger partial charge on any atom is -0.356 e. The molecule has 3 heterocycles. The number of carbonyl (C=O) groups excluding carboxylic acids is 1. The topological polar surface area (TPSA) is 75.9 Å². The van der Waals surface area contributed by atoms with Gasteiger partial charge in [0.2, 0.25) is 5.91 Å². The van der Waals surface area contributed by atoms with Crippen LogP contribution in [0.5, 0.6) is 0 Å². The highest BCUT2D eigenvalue weighted by Gasteiger charge is 2.27. The Balaban J connectivity index is 1.48. The number of hydrogen-bond donors (Lipinski definition) is 1. The number of carbonyl (C=O) groups is 1. The van der Waals surface area contributed by atoms with E-state index >= 15 is 0 Å². The van der Waals surface area contributed by atoms with E-state index in [0.29, 0.717) is 23.6 Å². The molecule has 0 bridgehead atoms. The molecule has 8 heteroatoms. The van der Waals surface area contributed by atoms with Gasteiger partial charge in [0.1, 0.15) is 18.0 Å². The summed E-state index contributed by atoms with van der Waals surface area (Å²) in [5.41, 5.74) is 2.96. The molecule has 1 amide bonds. The van der Waals surface area contributed by atoms with Gasteiger partial charge in [-0.3, -0.25) is 4.79 Å². The molecule has 1 fully saturated rings. The van der Waals surface area contributed by atoms with Gasteiger partial charge in [0.25, 0.3) is 0 Å². The first kappa shape index (κ1) is 20.0. The molecule has 3 aromatic rings. The van der Waals surface area contributed by atoms with Gasteiger partial charge in [-0.2, -0.15) is 5.10 Å². The number of rotatable bonds is 4. The Hall–Kier alpha value is -3.29. The van der Waals surface area contributed by atoms with E-state index in [2.05, 4.69) is 25.3 Å². The maximum Gasteiger partial charge on any atom is 0.229 e. The van der Waals surface area contributed by atoms with Crippen molar-refractivity contribution in [3.8, 4) is 5.82 Å². The number of nitrogens with one attached hydrogen (secondary N) is 1. The van der Waals surface area contributed by atoms with E-state index in [4.69, 9.17) is 0 Å². The van der Waals surface area contributed by atoms with Crippen LogP contribution in [0.3, 0.4) is 0 Å². The second kappa shape index (κ2) is 8.22. The van der Waals surface area contributed by atoms with Crippen LogP contribution in [0.25, 0.3) is 5.82 Å². The van der Waals surface area contributed by atoms with Crippen molar-refractivity contribution >= 4 is 17.4 Å². The first-order valence-electron chi connectivity index (χ1n) is 10.1. The van der Waals surface area contributed by atoms with Gasteiger partial charge < -0.3 is 10.2 Å². The number of amides is 1. The number of hydrogen-bond acceptors (Lipinski definition) is 5. The average Bonchev–Trinajstić information content (AvgIpc) is 3.09. The summed E-state index contributed by atoms with van der Waals surface area (Å²) in [6, 6.07) is 8.65. The largest absolute Gasteiger partial charge is 0.356 e. The molecule has 156 valence electrons. The Labute approximate surface area is 175 Å². The lowest BCUT2D eigenvalue weighted by Crippen LogP contribution is -2.41. The summed E-state index contributed by atoms with van der Waals surface area (Å²) in [6.07, 6.45) is 3.19. The fraction of sp³-hybridized carbons (Fsp3) is 0.364. The Morgan fingerprint density at radius 2 is 1.93 bits per heavy atom. The lowest BCUT2D eigenvalue weighted by molar-refractivity contribution is -0.120. The van der Waals surface area contributed by atoms with E-state index in [-0.39, 0.29) is 17.6 Å². The predicted octanol–water partition coefficient (Wildman–Crippen LogP) is 3.58. The van der Waals surface area contributed by atoms with Gasteiger partial charge in [0, 0.05) is 30.5 Å². The molecule has 7 nitrogen and oxygen atoms in total. The molecule has 0 aliphatic carbocycles. The van der Waals surface area contributed by atoms with Gasteiger partial charge in [0.05, 0.1) is 11.6 Å². The van der Waals surface area contributed by atoms with Crippen molar-refractivity contribution in [1.29, 1.82) is 0 Å². The van der Waals surface area contributed by atoms with Crippen molar-refractivity contribution in [3.05, 3.63) is 59.4 Å². The van der Waals surface area contributed by atoms with Gasteiger partial charge in [-0.05, 0) is 57.4 Å². The molecule has 0 spiro atoms. The Morgan fingerprint density at radius 3 is 2.67 bits per heavy atom. The molecule has 1 atom stereocenters. The number of halogens is 1. The molecule has 1 saturated heterocycles. The molecule has 0 saturated carbocycles. The molecule has 2 aromatic heterocycles. The second-order valence-electron chi connectivity index (χ2n) is 7.81. The van der Waals surface area contributed by atoms with E-state index < -0.39 is 0 Å². The summed E-state index contributed by atoms with van der Waals surface area (Å²) < 4.78 is 15.6. The van der Waals surface area contributed by atoms with Crippen LogP contribution in [-0.4, -0.2) is 38.7 Å². The number of anilines is 2. The van der Waals surface area contributed by atoms with Crippen molar-refractivity contribution in [2.45, 2.75) is 33.6 Å². The van der Waals surface area contributed by atoms with Crippen LogP contribution >= 0.6 is 0 Å². The summed E-state index contributed by atoms with van der Waals surface area (Å²) >= 11 is 0. The molecular weight excluding hydrogens is 383 g/mol. The summed E-state index contributed by atoms with van der Waals surface area (Å²) in [7, 11) is 0. The SMILES string of the molecule is Cc1cc(C)n(-c2cc(N3CCCC(C(=O)Nc4ccc(C)c(F)c4)C3)ncn2)n1. The van der Waals surface area contributed by atoms with E-state index in [1.54, 1.807) is 23.7 Å². The quantitative estimate of drug-likeness (QED) is 0.714. The van der Waals surface area contributed by atoms with Gasteiger partial charge in [-0.1, -0.05) is 6.07 Å². The molecule has 1 N–H and O–H groups in total. The van der Waals surface area contributed by atoms with Gasteiger partial charge in [0.15, 0.2) is 5.82 Å². The molecule has 4 rings (SSSR count). The average molecular weight is 408 g/mol. The fourth-order valence-electron chi connectivity index (χ4n) is 3.80. The number of aryl methyl sites for hydroxylation is 3. The Morgan fingerprint density at radius 1 is 1.13 bits per heavy atom. The number of nitrogens with zero attached hydrogens (tertiary/aromatic N) is 5. The first-order chi connectivity index (χ1) is 14.4. The van der Waals surface area contributed by atoms with E-state index in [1.165, 1.54) is 12.4 Å². The van der Waals surface area contributed by atoms with Crippen LogP contribution in [0.2, 0.25) is 0 Å². The Kier molecular flexibility index (Phi) is 5.48. The lowest BCUT2D eigenvalue weighted by atomic mass is 9.97. The number of piperidine rings is 1. The number of benzene rings is 1. The van der Waals surface area contributed by atoms with E-state index in [9.17, 15) is 9.18 Å². The van der Waals surface area contributed by atoms with Crippen LogP contribution in [-0.2, 0) is 4.79 Å². The predicted molar refractivity (Wildman–Crippen MR) is 113 cm³/mol. The molecule has 1 aliphatic rings. The van der Waals surface area contributed by atoms with Gasteiger partial charge in [-0.25, -0.2) is 19.0 Å². The van der Waals surface area contributed by atoms with Crippen LogP contribution in [0, 0.1) is 32.5 Å². The van der Waals surface area contributed by atoms with Crippen LogP contribution < -0.4 is 10.2 Å². The van der Waals surface area contributed by atoms with Gasteiger partial charge >= 0.3 is 0 Å². The van der Waals surface area contributed by atoms with Crippen molar-refractivity contribution < 1.29 is 9.18 Å². The van der Waals surface area contributed by atoms with Crippen molar-refractivity contribution in [3.63, 3.8) is 0 Å². The monoisotopic (exact) mass is 408 g/mol. The van der Waals surface area contributed by atoms with Crippen LogP contribution in [0.15, 0.2) is 36.7 Å². The van der Waals surface area contributed by atoms with E-state index in [0.717, 1.165) is 36.6 Å². The molecule has 1 aromatic carbocycles. The van der Waals surface area contributed by atoms with Crippen molar-refractivity contribution in [1.82, 2.24) is 19.7 Å². The summed E-state index contributed by atoms with van der Waals surface area (Å²) in [5, 5.41) is 7.33. The number of aromatic nitrogens is 4. The molecule has 30 heavy (non-hydrogen) atoms. The van der Waals surface area contributed by atoms with E-state index in [1.807, 2.05) is 26.0 Å². The maximum absolute atomic E-state index is 13.8. The highest BCUT2D eigenvalue weighted by molar-refractivity contribution is 5.93. The third-order valence-corrected chi connectivity index (χ3v) is 5.42. The van der Waals surface area contributed by atoms with Crippen LogP contribution in [0.4, 0.5) is 15.9 Å². The maximum atomic E-state index is 13.8. The zero-order valence-corrected chi connectivity index (χ0v) is 17.4. The summed E-state index contributed by atoms with van der Waals surface area (Å²) in [6.45, 7) is 6.99. The highest BCUT2D eigenvalue weighted by atomic mass is 19.1. The zero-order chi connectivity index (χ0) is 21.3.